The first kappa shape index (κ1) is 13.5. The van der Waals surface area contributed by atoms with Crippen LogP contribution in [0.25, 0.3) is 0 Å². The van der Waals surface area contributed by atoms with E-state index in [2.05, 4.69) is 26.2 Å². The predicted octanol–water partition coefficient (Wildman–Crippen LogP) is 3.38. The number of ether oxygens (including phenoxy) is 1. The first-order valence-electron chi connectivity index (χ1n) is 5.45. The van der Waals surface area contributed by atoms with Gasteiger partial charge >= 0.3 is 5.97 Å². The quantitative estimate of drug-likeness (QED) is 0.356. The molecular weight excluding hydrogens is 232 g/mol. The van der Waals surface area contributed by atoms with E-state index in [0.29, 0.717) is 11.3 Å². The van der Waals surface area contributed by atoms with Gasteiger partial charge in [-0.1, -0.05) is 6.58 Å². The Morgan fingerprint density at radius 3 is 2.00 bits per heavy atom. The van der Waals surface area contributed by atoms with Gasteiger partial charge in [0.2, 0.25) is 8.32 Å². The van der Waals surface area contributed by atoms with Crippen LogP contribution in [0.15, 0.2) is 36.4 Å². The molecule has 92 valence electrons. The molecule has 0 bridgehead atoms. The maximum absolute atomic E-state index is 11.3. The summed E-state index contributed by atoms with van der Waals surface area (Å²) in [5.74, 6) is 0.893. The van der Waals surface area contributed by atoms with Crippen LogP contribution in [0.3, 0.4) is 0 Å². The van der Waals surface area contributed by atoms with Gasteiger partial charge in [-0.25, -0.2) is 4.79 Å². The third-order valence-electron chi connectivity index (χ3n) is 1.81. The molecule has 1 rings (SSSR count). The Bertz CT molecular complexity index is 415. The Morgan fingerprint density at radius 2 is 1.59 bits per heavy atom. The number of esters is 1. The summed E-state index contributed by atoms with van der Waals surface area (Å²) in [5, 5.41) is 0. The summed E-state index contributed by atoms with van der Waals surface area (Å²) in [6.45, 7) is 11.5. The van der Waals surface area contributed by atoms with Crippen LogP contribution in [-0.2, 0) is 4.79 Å². The van der Waals surface area contributed by atoms with Crippen LogP contribution in [-0.4, -0.2) is 14.3 Å². The van der Waals surface area contributed by atoms with Gasteiger partial charge in [0.1, 0.15) is 11.5 Å². The zero-order chi connectivity index (χ0) is 13.1. The first-order chi connectivity index (χ1) is 7.78. The minimum absolute atomic E-state index is 0.382. The molecule has 0 heterocycles. The van der Waals surface area contributed by atoms with Crippen LogP contribution in [0.5, 0.6) is 11.5 Å². The minimum atomic E-state index is -1.59. The summed E-state index contributed by atoms with van der Waals surface area (Å²) in [4.78, 5) is 11.3. The number of carbonyl (C=O) groups excluding carboxylic acids is 1. The van der Waals surface area contributed by atoms with Crippen molar-refractivity contribution >= 4 is 14.3 Å². The van der Waals surface area contributed by atoms with Crippen molar-refractivity contribution in [3.8, 4) is 11.5 Å². The molecule has 1 aromatic rings. The molecule has 17 heavy (non-hydrogen) atoms. The highest BCUT2D eigenvalue weighted by Gasteiger charge is 2.16. The zero-order valence-electron chi connectivity index (χ0n) is 10.7. The zero-order valence-corrected chi connectivity index (χ0v) is 11.7. The van der Waals surface area contributed by atoms with Crippen molar-refractivity contribution < 1.29 is 14.0 Å². The molecule has 0 radical (unpaired) electrons. The Kier molecular flexibility index (Phi) is 4.12. The molecule has 0 saturated carbocycles. The summed E-state index contributed by atoms with van der Waals surface area (Å²) >= 11 is 0. The fourth-order valence-electron chi connectivity index (χ4n) is 1.12. The highest BCUT2D eigenvalue weighted by Crippen LogP contribution is 2.20. The van der Waals surface area contributed by atoms with E-state index in [4.69, 9.17) is 9.16 Å². The number of rotatable bonds is 4. The molecule has 3 nitrogen and oxygen atoms in total. The second kappa shape index (κ2) is 5.18. The maximum Gasteiger partial charge on any atom is 0.338 e. The van der Waals surface area contributed by atoms with Crippen molar-refractivity contribution in [1.82, 2.24) is 0 Å². The molecule has 0 aromatic heterocycles. The molecule has 0 fully saturated rings. The van der Waals surface area contributed by atoms with Crippen LogP contribution >= 0.6 is 0 Å². The van der Waals surface area contributed by atoms with E-state index in [1.165, 1.54) is 0 Å². The Hall–Kier alpha value is -1.55. The summed E-state index contributed by atoms with van der Waals surface area (Å²) in [7, 11) is -1.59. The van der Waals surface area contributed by atoms with Crippen molar-refractivity contribution in [2.24, 2.45) is 0 Å². The van der Waals surface area contributed by atoms with Crippen molar-refractivity contribution in [3.63, 3.8) is 0 Å². The molecule has 0 aliphatic carbocycles. The summed E-state index contributed by atoms with van der Waals surface area (Å²) in [6.07, 6.45) is 0. The Morgan fingerprint density at radius 1 is 1.12 bits per heavy atom. The molecule has 4 heteroatoms. The normalized spacial score (nSPS) is 10.8. The highest BCUT2D eigenvalue weighted by molar-refractivity contribution is 6.70. The molecule has 0 aliphatic heterocycles. The van der Waals surface area contributed by atoms with Gasteiger partial charge in [0.25, 0.3) is 0 Å². The molecule has 1 aromatic carbocycles. The average Bonchev–Trinajstić information content (AvgIpc) is 2.18. The smallest absolute Gasteiger partial charge is 0.338 e. The molecule has 0 amide bonds. The SMILES string of the molecule is C=C(C)C(=O)Oc1ccc(O[Si](C)(C)C)cc1. The van der Waals surface area contributed by atoms with Crippen LogP contribution in [0.2, 0.25) is 19.6 Å². The standard InChI is InChI=1S/C13H18O3Si/c1-10(2)13(14)15-11-6-8-12(9-7-11)16-17(3,4)5/h6-9H,1H2,2-5H3. The lowest BCUT2D eigenvalue weighted by atomic mass is 10.3. The van der Waals surface area contributed by atoms with Crippen molar-refractivity contribution in [2.75, 3.05) is 0 Å². The molecule has 0 atom stereocenters. The summed E-state index contributed by atoms with van der Waals surface area (Å²) < 4.78 is 10.9. The van der Waals surface area contributed by atoms with Crippen LogP contribution in [0, 0.1) is 0 Å². The monoisotopic (exact) mass is 250 g/mol. The lowest BCUT2D eigenvalue weighted by Gasteiger charge is -2.19. The summed E-state index contributed by atoms with van der Waals surface area (Å²) in [6, 6.07) is 7.05. The molecule has 0 unspecified atom stereocenters. The fraction of sp³-hybridized carbons (Fsp3) is 0.308. The molecule has 0 aliphatic rings. The van der Waals surface area contributed by atoms with E-state index in [-0.39, 0.29) is 0 Å². The number of carbonyl (C=O) groups is 1. The van der Waals surface area contributed by atoms with Crippen LogP contribution in [0.1, 0.15) is 6.92 Å². The van der Waals surface area contributed by atoms with Gasteiger partial charge in [-0.15, -0.1) is 0 Å². The first-order valence-corrected chi connectivity index (χ1v) is 8.85. The third kappa shape index (κ3) is 4.87. The van der Waals surface area contributed by atoms with Gasteiger partial charge in [-0.05, 0) is 50.8 Å². The van der Waals surface area contributed by atoms with Crippen LogP contribution in [0.4, 0.5) is 0 Å². The van der Waals surface area contributed by atoms with E-state index in [1.54, 1.807) is 31.2 Å². The highest BCUT2D eigenvalue weighted by atomic mass is 28.4. The second-order valence-electron chi connectivity index (χ2n) is 4.86. The lowest BCUT2D eigenvalue weighted by molar-refractivity contribution is -0.130. The van der Waals surface area contributed by atoms with E-state index < -0.39 is 14.3 Å². The molecule has 0 N–H and O–H groups in total. The number of hydrogen-bond acceptors (Lipinski definition) is 3. The Labute approximate surface area is 103 Å². The molecular formula is C13H18O3Si. The third-order valence-corrected chi connectivity index (χ3v) is 2.65. The molecule has 0 saturated heterocycles. The van der Waals surface area contributed by atoms with Gasteiger partial charge in [0.15, 0.2) is 0 Å². The predicted molar refractivity (Wildman–Crippen MR) is 70.9 cm³/mol. The van der Waals surface area contributed by atoms with Crippen molar-refractivity contribution in [1.29, 1.82) is 0 Å². The van der Waals surface area contributed by atoms with Gasteiger partial charge in [-0.3, -0.25) is 0 Å². The largest absolute Gasteiger partial charge is 0.544 e. The van der Waals surface area contributed by atoms with Crippen LogP contribution < -0.4 is 9.16 Å². The van der Waals surface area contributed by atoms with Gasteiger partial charge in [0.05, 0.1) is 0 Å². The lowest BCUT2D eigenvalue weighted by Crippen LogP contribution is -2.29. The summed E-state index contributed by atoms with van der Waals surface area (Å²) in [5.41, 5.74) is 0.382. The Balaban J connectivity index is 2.68. The molecule has 0 spiro atoms. The number of hydrogen-bond donors (Lipinski definition) is 0. The minimum Gasteiger partial charge on any atom is -0.544 e. The maximum atomic E-state index is 11.3. The average molecular weight is 250 g/mol. The van der Waals surface area contributed by atoms with Crippen molar-refractivity contribution in [3.05, 3.63) is 36.4 Å². The topological polar surface area (TPSA) is 35.5 Å². The van der Waals surface area contributed by atoms with Gasteiger partial charge in [0, 0.05) is 5.57 Å². The van der Waals surface area contributed by atoms with Gasteiger partial charge in [-0.2, -0.15) is 0 Å². The van der Waals surface area contributed by atoms with E-state index >= 15 is 0 Å². The van der Waals surface area contributed by atoms with E-state index in [1.807, 2.05) is 0 Å². The van der Waals surface area contributed by atoms with E-state index in [0.717, 1.165) is 5.75 Å². The van der Waals surface area contributed by atoms with E-state index in [9.17, 15) is 4.79 Å². The van der Waals surface area contributed by atoms with Crippen molar-refractivity contribution in [2.45, 2.75) is 26.6 Å². The fourth-order valence-corrected chi connectivity index (χ4v) is 1.97. The van der Waals surface area contributed by atoms with Gasteiger partial charge < -0.3 is 9.16 Å². The second-order valence-corrected chi connectivity index (χ2v) is 9.28. The number of benzene rings is 1.